The van der Waals surface area contributed by atoms with E-state index < -0.39 is 27.9 Å². The Morgan fingerprint density at radius 1 is 1.16 bits per heavy atom. The zero-order valence-corrected chi connectivity index (χ0v) is 20.0. The molecule has 3 rings (SSSR count). The molecule has 2 aromatic rings. The van der Waals surface area contributed by atoms with Crippen molar-refractivity contribution >= 4 is 75.5 Å². The monoisotopic (exact) mass is 524 g/mol. The number of hydrogen-bond acceptors (Lipinski definition) is 2. The first-order chi connectivity index (χ1) is 14.6. The fourth-order valence-electron chi connectivity index (χ4n) is 3.36. The Labute approximate surface area is 204 Å². The average Bonchev–Trinajstić information content (AvgIpc) is 3.28. The minimum Gasteiger partial charge on any atom is -0.352 e. The fourth-order valence-corrected chi connectivity index (χ4v) is 4.71. The number of rotatable bonds is 7. The summed E-state index contributed by atoms with van der Waals surface area (Å²) in [6.45, 7) is 2.13. The van der Waals surface area contributed by atoms with E-state index in [1.807, 2.05) is 0 Å². The zero-order chi connectivity index (χ0) is 22.9. The number of hydrogen-bond donors (Lipinski definition) is 2. The van der Waals surface area contributed by atoms with Crippen molar-refractivity contribution in [3.8, 4) is 0 Å². The normalized spacial score (nSPS) is 19.1. The smallest absolute Gasteiger partial charge is 0.252 e. The molecule has 0 spiro atoms. The van der Waals surface area contributed by atoms with Gasteiger partial charge in [0.1, 0.15) is 10.2 Å². The second-order valence-corrected chi connectivity index (χ2v) is 9.85. The van der Waals surface area contributed by atoms with Crippen LogP contribution in [0.5, 0.6) is 0 Å². The summed E-state index contributed by atoms with van der Waals surface area (Å²) in [7, 11) is 0. The Balaban J connectivity index is 1.78. The van der Waals surface area contributed by atoms with Gasteiger partial charge in [0.05, 0.1) is 21.5 Å². The SMILES string of the molecule is Cc1cc(NC(=O)[C@H]2[C@H](c3ccc(F)c(Cl)c3)C2(Cl)Cl)cc(C(=O)NCCCCl)c1Cl. The van der Waals surface area contributed by atoms with Crippen molar-refractivity contribution in [1.29, 1.82) is 0 Å². The molecule has 10 heteroatoms. The van der Waals surface area contributed by atoms with Crippen molar-refractivity contribution in [3.63, 3.8) is 0 Å². The lowest BCUT2D eigenvalue weighted by atomic mass is 10.1. The Kier molecular flexibility index (Phi) is 7.65. The number of halogens is 6. The molecule has 0 aliphatic heterocycles. The maximum Gasteiger partial charge on any atom is 0.252 e. The van der Waals surface area contributed by atoms with Gasteiger partial charge in [0, 0.05) is 24.0 Å². The summed E-state index contributed by atoms with van der Waals surface area (Å²) in [6.07, 6.45) is 0.615. The minimum atomic E-state index is -1.37. The lowest BCUT2D eigenvalue weighted by molar-refractivity contribution is -0.117. The maximum atomic E-state index is 13.5. The molecule has 2 N–H and O–H groups in total. The maximum absolute atomic E-state index is 13.5. The highest BCUT2D eigenvalue weighted by Crippen LogP contribution is 2.65. The summed E-state index contributed by atoms with van der Waals surface area (Å²) in [4.78, 5) is 25.3. The van der Waals surface area contributed by atoms with Gasteiger partial charge in [-0.15, -0.1) is 34.8 Å². The highest BCUT2D eigenvalue weighted by molar-refractivity contribution is 6.53. The highest BCUT2D eigenvalue weighted by Gasteiger charge is 2.67. The molecule has 31 heavy (non-hydrogen) atoms. The largest absolute Gasteiger partial charge is 0.352 e. The van der Waals surface area contributed by atoms with E-state index in [1.54, 1.807) is 13.0 Å². The summed E-state index contributed by atoms with van der Waals surface area (Å²) < 4.78 is 12.1. The van der Waals surface area contributed by atoms with Gasteiger partial charge >= 0.3 is 0 Å². The van der Waals surface area contributed by atoms with Gasteiger partial charge in [-0.25, -0.2) is 4.39 Å². The van der Waals surface area contributed by atoms with Crippen molar-refractivity contribution < 1.29 is 14.0 Å². The first kappa shape index (κ1) is 24.4. The first-order valence-corrected chi connectivity index (χ1v) is 11.4. The van der Waals surface area contributed by atoms with Crippen LogP contribution in [0, 0.1) is 18.7 Å². The number of carbonyl (C=O) groups is 2. The summed E-state index contributed by atoms with van der Waals surface area (Å²) >= 11 is 30.4. The van der Waals surface area contributed by atoms with E-state index in [0.717, 1.165) is 0 Å². The fraction of sp³-hybridized carbons (Fsp3) is 0.333. The van der Waals surface area contributed by atoms with Gasteiger partial charge in [0.25, 0.3) is 5.91 Å². The number of aryl methyl sites for hydroxylation is 1. The van der Waals surface area contributed by atoms with E-state index in [-0.39, 0.29) is 21.5 Å². The van der Waals surface area contributed by atoms with Crippen molar-refractivity contribution in [2.45, 2.75) is 23.6 Å². The quantitative estimate of drug-likeness (QED) is 0.327. The van der Waals surface area contributed by atoms with Crippen LogP contribution in [0.4, 0.5) is 10.1 Å². The van der Waals surface area contributed by atoms with Gasteiger partial charge in [-0.2, -0.15) is 0 Å². The molecular weight excluding hydrogens is 509 g/mol. The molecular formula is C21H18Cl5FN2O2. The van der Waals surface area contributed by atoms with Crippen LogP contribution in [0.15, 0.2) is 30.3 Å². The molecule has 0 aromatic heterocycles. The van der Waals surface area contributed by atoms with Gasteiger partial charge in [0.2, 0.25) is 5.91 Å². The minimum absolute atomic E-state index is 0.0779. The molecule has 2 aromatic carbocycles. The van der Waals surface area contributed by atoms with Crippen molar-refractivity contribution in [2.75, 3.05) is 17.7 Å². The second-order valence-electron chi connectivity index (χ2n) is 7.25. The third kappa shape index (κ3) is 5.23. The Bertz CT molecular complexity index is 1030. The predicted molar refractivity (Wildman–Crippen MR) is 125 cm³/mol. The van der Waals surface area contributed by atoms with Crippen molar-refractivity contribution in [2.24, 2.45) is 5.92 Å². The second kappa shape index (κ2) is 9.72. The molecule has 0 radical (unpaired) electrons. The van der Waals surface area contributed by atoms with Crippen LogP contribution in [-0.4, -0.2) is 28.6 Å². The molecule has 4 nitrogen and oxygen atoms in total. The molecule has 2 atom stereocenters. The molecule has 0 unspecified atom stereocenters. The van der Waals surface area contributed by atoms with Crippen LogP contribution in [0.25, 0.3) is 0 Å². The molecule has 0 saturated heterocycles. The molecule has 1 fully saturated rings. The highest BCUT2D eigenvalue weighted by atomic mass is 35.5. The topological polar surface area (TPSA) is 58.2 Å². The lowest BCUT2D eigenvalue weighted by Gasteiger charge is -2.12. The van der Waals surface area contributed by atoms with Gasteiger partial charge in [0.15, 0.2) is 0 Å². The number of benzene rings is 2. The Hall–Kier alpha value is -1.24. The molecule has 1 aliphatic rings. The van der Waals surface area contributed by atoms with Crippen LogP contribution in [0.3, 0.4) is 0 Å². The predicted octanol–water partition coefficient (Wildman–Crippen LogP) is 6.33. The van der Waals surface area contributed by atoms with Gasteiger partial charge in [-0.05, 0) is 48.7 Å². The van der Waals surface area contributed by atoms with Crippen molar-refractivity contribution in [3.05, 3.63) is 62.9 Å². The van der Waals surface area contributed by atoms with E-state index in [1.165, 1.54) is 24.3 Å². The van der Waals surface area contributed by atoms with Crippen LogP contribution in [0.2, 0.25) is 10.0 Å². The molecule has 1 saturated carbocycles. The standard InChI is InChI=1S/C21H18Cl5FN2O2/c1-10-7-12(9-13(18(10)24)19(30)28-6-2-5-22)29-20(31)17-16(21(17,25)26)11-3-4-15(27)14(23)8-11/h3-4,7-9,16-17H,2,5-6H2,1H3,(H,28,30)(H,29,31)/t16-,17+/m0/s1. The zero-order valence-electron chi connectivity index (χ0n) is 16.2. The van der Waals surface area contributed by atoms with E-state index in [2.05, 4.69) is 10.6 Å². The number of nitrogens with one attached hydrogen (secondary N) is 2. The number of amides is 2. The van der Waals surface area contributed by atoms with Crippen LogP contribution < -0.4 is 10.6 Å². The van der Waals surface area contributed by atoms with Gasteiger partial charge in [-0.3, -0.25) is 9.59 Å². The van der Waals surface area contributed by atoms with Gasteiger partial charge < -0.3 is 10.6 Å². The van der Waals surface area contributed by atoms with E-state index in [4.69, 9.17) is 58.0 Å². The van der Waals surface area contributed by atoms with Crippen LogP contribution in [0.1, 0.15) is 33.8 Å². The summed E-state index contributed by atoms with van der Waals surface area (Å²) in [6, 6.07) is 7.23. The summed E-state index contributed by atoms with van der Waals surface area (Å²) in [5, 5.41) is 5.68. The molecule has 0 bridgehead atoms. The molecule has 166 valence electrons. The van der Waals surface area contributed by atoms with Gasteiger partial charge in [-0.1, -0.05) is 29.3 Å². The number of anilines is 1. The average molecular weight is 527 g/mol. The summed E-state index contributed by atoms with van der Waals surface area (Å²) in [5.41, 5.74) is 1.78. The summed E-state index contributed by atoms with van der Waals surface area (Å²) in [5.74, 6) is -2.30. The lowest BCUT2D eigenvalue weighted by Crippen LogP contribution is -2.25. The Morgan fingerprint density at radius 2 is 1.87 bits per heavy atom. The van der Waals surface area contributed by atoms with E-state index in [9.17, 15) is 14.0 Å². The molecule has 2 amide bonds. The third-order valence-electron chi connectivity index (χ3n) is 5.00. The van der Waals surface area contributed by atoms with Crippen LogP contribution >= 0.6 is 58.0 Å². The number of carbonyl (C=O) groups excluding carboxylic acids is 2. The van der Waals surface area contributed by atoms with Crippen LogP contribution in [-0.2, 0) is 4.79 Å². The Morgan fingerprint density at radius 3 is 2.52 bits per heavy atom. The van der Waals surface area contributed by atoms with E-state index >= 15 is 0 Å². The number of alkyl halides is 3. The molecule has 1 aliphatic carbocycles. The first-order valence-electron chi connectivity index (χ1n) is 9.35. The van der Waals surface area contributed by atoms with Crippen molar-refractivity contribution in [1.82, 2.24) is 5.32 Å². The van der Waals surface area contributed by atoms with E-state index in [0.29, 0.717) is 35.7 Å². The third-order valence-corrected chi connectivity index (χ3v) is 7.00. The molecule has 0 heterocycles.